The van der Waals surface area contributed by atoms with Crippen molar-refractivity contribution in [2.75, 3.05) is 0 Å². The largest absolute Gasteiger partial charge is 0.484 e. The molecule has 0 spiro atoms. The van der Waals surface area contributed by atoms with E-state index in [9.17, 15) is 9.90 Å². The van der Waals surface area contributed by atoms with E-state index >= 15 is 0 Å². The van der Waals surface area contributed by atoms with Crippen LogP contribution in [0.5, 0.6) is 5.75 Å². The predicted octanol–water partition coefficient (Wildman–Crippen LogP) is 5.52. The number of pyridine rings is 1. The molecule has 3 aromatic heterocycles. The number of nitrogens with zero attached hydrogens (tertiary/aromatic N) is 2. The molecule has 0 aliphatic rings. The molecular weight excluding hydrogens is 430 g/mol. The normalized spacial score (nSPS) is 12.9. The van der Waals surface area contributed by atoms with Crippen molar-refractivity contribution in [1.82, 2.24) is 15.1 Å². The molecule has 5 rings (SSSR count). The molecule has 5 aromatic rings. The minimum Gasteiger partial charge on any atom is -0.484 e. The fraction of sp³-hybridized carbons (Fsp3) is 0.148. The molecule has 0 radical (unpaired) electrons. The Balaban J connectivity index is 1.42. The first-order valence-corrected chi connectivity index (χ1v) is 11.0. The van der Waals surface area contributed by atoms with Crippen LogP contribution in [0.4, 0.5) is 0 Å². The maximum Gasteiger partial charge on any atom is 0.304 e. The maximum atomic E-state index is 11.4. The van der Waals surface area contributed by atoms with Crippen LogP contribution in [0.25, 0.3) is 11.0 Å². The fourth-order valence-electron chi connectivity index (χ4n) is 4.07. The molecule has 7 nitrogen and oxygen atoms in total. The van der Waals surface area contributed by atoms with Gasteiger partial charge in [0.2, 0.25) is 0 Å². The number of fused-ring (bicyclic) bond motifs is 1. The number of ether oxygens (including phenoxy) is 1. The Hall–Kier alpha value is -4.39. The SMILES string of the molecule is O=C(O)CC(c1ccc(OC(Cc2ccccc2)c2ccc3cc[nH]c3n2)cc1)c1ccon1. The first-order chi connectivity index (χ1) is 16.7. The third-order valence-corrected chi connectivity index (χ3v) is 5.78. The van der Waals surface area contributed by atoms with E-state index in [-0.39, 0.29) is 12.5 Å². The summed E-state index contributed by atoms with van der Waals surface area (Å²) in [7, 11) is 0. The molecule has 0 aliphatic carbocycles. The van der Waals surface area contributed by atoms with E-state index in [4.69, 9.17) is 14.2 Å². The number of aromatic amines is 1. The Morgan fingerprint density at radius 3 is 2.53 bits per heavy atom. The number of rotatable bonds is 9. The van der Waals surface area contributed by atoms with Gasteiger partial charge in [0, 0.05) is 30.0 Å². The molecule has 3 heterocycles. The van der Waals surface area contributed by atoms with Crippen LogP contribution >= 0.6 is 0 Å². The van der Waals surface area contributed by atoms with Crippen LogP contribution in [0.15, 0.2) is 95.8 Å². The first-order valence-electron chi connectivity index (χ1n) is 11.0. The lowest BCUT2D eigenvalue weighted by Gasteiger charge is -2.20. The van der Waals surface area contributed by atoms with Crippen LogP contribution in [0.3, 0.4) is 0 Å². The first kappa shape index (κ1) is 21.5. The number of H-pyrrole nitrogens is 1. The highest BCUT2D eigenvalue weighted by Gasteiger charge is 2.22. The van der Waals surface area contributed by atoms with E-state index < -0.39 is 11.9 Å². The molecule has 2 aromatic carbocycles. The summed E-state index contributed by atoms with van der Waals surface area (Å²) < 4.78 is 11.3. The number of aromatic nitrogens is 3. The minimum atomic E-state index is -0.901. The standard InChI is InChI=1S/C27H23N3O4/c31-26(32)17-22(23-13-15-33-30-23)19-6-9-21(10-7-19)34-25(16-18-4-2-1-3-5-18)24-11-8-20-12-14-28-27(20)29-24/h1-15,22,25H,16-17H2,(H,28,29)(H,31,32). The van der Waals surface area contributed by atoms with Crippen LogP contribution in [-0.4, -0.2) is 26.2 Å². The highest BCUT2D eigenvalue weighted by molar-refractivity contribution is 5.75. The van der Waals surface area contributed by atoms with Crippen LogP contribution in [-0.2, 0) is 11.2 Å². The van der Waals surface area contributed by atoms with Crippen molar-refractivity contribution in [3.8, 4) is 5.75 Å². The van der Waals surface area contributed by atoms with Gasteiger partial charge >= 0.3 is 5.97 Å². The van der Waals surface area contributed by atoms with Gasteiger partial charge in [-0.1, -0.05) is 47.6 Å². The number of hydrogen-bond acceptors (Lipinski definition) is 5. The van der Waals surface area contributed by atoms with Crippen molar-refractivity contribution < 1.29 is 19.2 Å². The molecular formula is C27H23N3O4. The van der Waals surface area contributed by atoms with Crippen molar-refractivity contribution in [2.45, 2.75) is 24.9 Å². The Morgan fingerprint density at radius 2 is 1.79 bits per heavy atom. The number of carboxylic acid groups (broad SMARTS) is 1. The summed E-state index contributed by atoms with van der Waals surface area (Å²) >= 11 is 0. The van der Waals surface area contributed by atoms with Gasteiger partial charge in [-0.05, 0) is 41.5 Å². The van der Waals surface area contributed by atoms with Gasteiger partial charge in [0.25, 0.3) is 0 Å². The number of hydrogen-bond donors (Lipinski definition) is 2. The summed E-state index contributed by atoms with van der Waals surface area (Å²) in [6, 6.07) is 25.3. The van der Waals surface area contributed by atoms with Gasteiger partial charge in [0.05, 0.1) is 17.8 Å². The summed E-state index contributed by atoms with van der Waals surface area (Å²) in [5.74, 6) is -0.628. The Bertz CT molecular complexity index is 1360. The smallest absolute Gasteiger partial charge is 0.304 e. The van der Waals surface area contributed by atoms with E-state index in [1.165, 1.54) is 6.26 Å². The van der Waals surface area contributed by atoms with Crippen LogP contribution in [0.1, 0.15) is 41.0 Å². The van der Waals surface area contributed by atoms with Crippen LogP contribution in [0, 0.1) is 0 Å². The average molecular weight is 453 g/mol. The highest BCUT2D eigenvalue weighted by atomic mass is 16.5. The number of carbonyl (C=O) groups is 1. The van der Waals surface area contributed by atoms with Crippen molar-refractivity contribution in [2.24, 2.45) is 0 Å². The lowest BCUT2D eigenvalue weighted by molar-refractivity contribution is -0.137. The maximum absolute atomic E-state index is 11.4. The van der Waals surface area contributed by atoms with Crippen molar-refractivity contribution in [1.29, 1.82) is 0 Å². The number of carboxylic acids is 1. The average Bonchev–Trinajstić information content (AvgIpc) is 3.55. The van der Waals surface area contributed by atoms with E-state index in [1.807, 2.05) is 66.9 Å². The highest BCUT2D eigenvalue weighted by Crippen LogP contribution is 2.31. The second-order valence-electron chi connectivity index (χ2n) is 8.09. The van der Waals surface area contributed by atoms with Gasteiger partial charge in [0.15, 0.2) is 0 Å². The second-order valence-corrected chi connectivity index (χ2v) is 8.09. The monoisotopic (exact) mass is 453 g/mol. The Morgan fingerprint density at radius 1 is 0.971 bits per heavy atom. The molecule has 0 saturated heterocycles. The predicted molar refractivity (Wildman–Crippen MR) is 127 cm³/mol. The topological polar surface area (TPSA) is 101 Å². The quantitative estimate of drug-likeness (QED) is 0.305. The lowest BCUT2D eigenvalue weighted by atomic mass is 9.92. The van der Waals surface area contributed by atoms with Crippen molar-refractivity contribution in [3.05, 3.63) is 114 Å². The molecule has 34 heavy (non-hydrogen) atoms. The summed E-state index contributed by atoms with van der Waals surface area (Å²) in [5, 5.41) is 14.3. The summed E-state index contributed by atoms with van der Waals surface area (Å²) in [4.78, 5) is 19.3. The van der Waals surface area contributed by atoms with Gasteiger partial charge in [-0.3, -0.25) is 4.79 Å². The van der Waals surface area contributed by atoms with E-state index in [2.05, 4.69) is 22.3 Å². The zero-order valence-corrected chi connectivity index (χ0v) is 18.3. The number of nitrogens with one attached hydrogen (secondary N) is 1. The van der Waals surface area contributed by atoms with Crippen LogP contribution < -0.4 is 4.74 Å². The molecule has 0 amide bonds. The van der Waals surface area contributed by atoms with Crippen LogP contribution in [0.2, 0.25) is 0 Å². The molecule has 2 atom stereocenters. The third-order valence-electron chi connectivity index (χ3n) is 5.78. The second kappa shape index (κ2) is 9.62. The van der Waals surface area contributed by atoms with Gasteiger partial charge in [-0.15, -0.1) is 0 Å². The van der Waals surface area contributed by atoms with Gasteiger partial charge < -0.3 is 19.4 Å². The van der Waals surface area contributed by atoms with Crippen molar-refractivity contribution >= 4 is 17.0 Å². The minimum absolute atomic E-state index is 0.0799. The summed E-state index contributed by atoms with van der Waals surface area (Å²) in [5.41, 5.74) is 4.20. The summed E-state index contributed by atoms with van der Waals surface area (Å²) in [6.45, 7) is 0. The van der Waals surface area contributed by atoms with Gasteiger partial charge in [-0.2, -0.15) is 0 Å². The molecule has 170 valence electrons. The Labute approximate surface area is 196 Å². The third kappa shape index (κ3) is 4.83. The molecule has 0 fully saturated rings. The molecule has 2 unspecified atom stereocenters. The Kier molecular flexibility index (Phi) is 6.07. The lowest BCUT2D eigenvalue weighted by Crippen LogP contribution is -2.13. The van der Waals surface area contributed by atoms with E-state index in [1.54, 1.807) is 6.07 Å². The molecule has 0 aliphatic heterocycles. The van der Waals surface area contributed by atoms with E-state index in [0.717, 1.165) is 27.9 Å². The zero-order chi connectivity index (χ0) is 23.3. The van der Waals surface area contributed by atoms with Crippen molar-refractivity contribution in [3.63, 3.8) is 0 Å². The molecule has 7 heteroatoms. The molecule has 0 bridgehead atoms. The summed E-state index contributed by atoms with van der Waals surface area (Å²) in [6.07, 6.45) is 3.59. The van der Waals surface area contributed by atoms with Gasteiger partial charge in [0.1, 0.15) is 23.8 Å². The molecule has 2 N–H and O–H groups in total. The van der Waals surface area contributed by atoms with Gasteiger partial charge in [-0.25, -0.2) is 4.98 Å². The van der Waals surface area contributed by atoms with E-state index in [0.29, 0.717) is 17.9 Å². The number of benzene rings is 2. The number of aliphatic carboxylic acids is 1. The molecule has 0 saturated carbocycles. The zero-order valence-electron chi connectivity index (χ0n) is 18.3. The fourth-order valence-corrected chi connectivity index (χ4v) is 4.07.